The lowest BCUT2D eigenvalue weighted by Crippen LogP contribution is -2.40. The molecule has 0 bridgehead atoms. The maximum absolute atomic E-state index is 11.2. The molecule has 0 saturated heterocycles. The number of hydrogen-bond donors (Lipinski definition) is 3. The smallest absolute Gasteiger partial charge is 0.326 e. The maximum atomic E-state index is 11.2. The minimum atomic E-state index is -1.13. The molecular weight excluding hydrogens is 214 g/mol. The Kier molecular flexibility index (Phi) is 6.91. The number of carbonyl (C=O) groups excluding carboxylic acids is 1. The van der Waals surface area contributed by atoms with E-state index in [1.165, 1.54) is 0 Å². The van der Waals surface area contributed by atoms with Crippen molar-refractivity contribution in [3.8, 4) is 0 Å². The van der Waals surface area contributed by atoms with E-state index in [0.717, 1.165) is 0 Å². The Labute approximate surface area is 93.6 Å². The molecule has 0 aliphatic heterocycles. The van der Waals surface area contributed by atoms with E-state index in [2.05, 4.69) is 5.32 Å². The first-order valence-electron chi connectivity index (χ1n) is 5.21. The first-order valence-corrected chi connectivity index (χ1v) is 5.21. The SMILES string of the molecule is CCCC(=O)N[C@@H](CCCC(=O)O)C(=O)O. The fourth-order valence-corrected chi connectivity index (χ4v) is 1.21. The molecule has 92 valence electrons. The molecule has 0 aliphatic carbocycles. The highest BCUT2D eigenvalue weighted by Crippen LogP contribution is 2.02. The lowest BCUT2D eigenvalue weighted by molar-refractivity contribution is -0.142. The first-order chi connectivity index (χ1) is 7.47. The zero-order valence-electron chi connectivity index (χ0n) is 9.23. The average molecular weight is 231 g/mol. The molecule has 0 aromatic rings. The number of aliphatic carboxylic acids is 2. The summed E-state index contributed by atoms with van der Waals surface area (Å²) in [5.41, 5.74) is 0. The largest absolute Gasteiger partial charge is 0.481 e. The number of rotatable bonds is 8. The van der Waals surface area contributed by atoms with Crippen molar-refractivity contribution in [3.63, 3.8) is 0 Å². The molecule has 0 unspecified atom stereocenters. The van der Waals surface area contributed by atoms with Crippen LogP contribution in [0.4, 0.5) is 0 Å². The van der Waals surface area contributed by atoms with E-state index in [1.807, 2.05) is 6.92 Å². The Balaban J connectivity index is 4.02. The lowest BCUT2D eigenvalue weighted by atomic mass is 10.1. The summed E-state index contributed by atoms with van der Waals surface area (Å²) in [5, 5.41) is 19.5. The predicted octanol–water partition coefficient (Wildman–Crippen LogP) is 0.611. The molecule has 6 nitrogen and oxygen atoms in total. The van der Waals surface area contributed by atoms with Crippen molar-refractivity contribution in [1.29, 1.82) is 0 Å². The number of hydrogen-bond acceptors (Lipinski definition) is 3. The normalized spacial score (nSPS) is 11.8. The van der Waals surface area contributed by atoms with E-state index < -0.39 is 18.0 Å². The summed E-state index contributed by atoms with van der Waals surface area (Å²) < 4.78 is 0. The quantitative estimate of drug-likeness (QED) is 0.567. The van der Waals surface area contributed by atoms with Crippen LogP contribution in [0, 0.1) is 0 Å². The summed E-state index contributed by atoms with van der Waals surface area (Å²) >= 11 is 0. The van der Waals surface area contributed by atoms with Crippen LogP contribution < -0.4 is 5.32 Å². The van der Waals surface area contributed by atoms with Crippen molar-refractivity contribution in [1.82, 2.24) is 5.32 Å². The lowest BCUT2D eigenvalue weighted by Gasteiger charge is -2.13. The fourth-order valence-electron chi connectivity index (χ4n) is 1.21. The predicted molar refractivity (Wildman–Crippen MR) is 56.0 cm³/mol. The summed E-state index contributed by atoms with van der Waals surface area (Å²) in [5.74, 6) is -2.41. The molecule has 0 spiro atoms. The second-order valence-corrected chi connectivity index (χ2v) is 3.49. The van der Waals surface area contributed by atoms with Gasteiger partial charge in [0.1, 0.15) is 6.04 Å². The Hall–Kier alpha value is -1.59. The van der Waals surface area contributed by atoms with Crippen LogP contribution in [0.2, 0.25) is 0 Å². The van der Waals surface area contributed by atoms with Crippen LogP contribution in [0.25, 0.3) is 0 Å². The average Bonchev–Trinajstić information content (AvgIpc) is 2.15. The van der Waals surface area contributed by atoms with Gasteiger partial charge in [0.05, 0.1) is 0 Å². The zero-order chi connectivity index (χ0) is 12.6. The molecule has 6 heteroatoms. The number of carboxylic acids is 2. The summed E-state index contributed by atoms with van der Waals surface area (Å²) in [6.45, 7) is 1.82. The van der Waals surface area contributed by atoms with Gasteiger partial charge in [-0.1, -0.05) is 6.92 Å². The monoisotopic (exact) mass is 231 g/mol. The maximum Gasteiger partial charge on any atom is 0.326 e. The molecule has 0 heterocycles. The second kappa shape index (κ2) is 7.67. The molecule has 3 N–H and O–H groups in total. The molecule has 0 radical (unpaired) electrons. The number of amides is 1. The molecule has 0 aliphatic rings. The second-order valence-electron chi connectivity index (χ2n) is 3.49. The molecule has 0 rings (SSSR count). The molecule has 1 atom stereocenters. The van der Waals surface area contributed by atoms with Crippen molar-refractivity contribution < 1.29 is 24.6 Å². The van der Waals surface area contributed by atoms with Crippen molar-refractivity contribution in [2.75, 3.05) is 0 Å². The van der Waals surface area contributed by atoms with Crippen LogP contribution in [0.1, 0.15) is 39.0 Å². The molecule has 0 aromatic heterocycles. The number of nitrogens with one attached hydrogen (secondary N) is 1. The Morgan fingerprint density at radius 3 is 2.25 bits per heavy atom. The summed E-state index contributed by atoms with van der Waals surface area (Å²) in [6.07, 6.45) is 1.21. The standard InChI is InChI=1S/C10H17NO5/c1-2-4-8(12)11-7(10(15)16)5-3-6-9(13)14/h7H,2-6H2,1H3,(H,11,12)(H,13,14)(H,15,16)/t7-/m0/s1. The van der Waals surface area contributed by atoms with Gasteiger partial charge in [0.25, 0.3) is 0 Å². The van der Waals surface area contributed by atoms with Crippen molar-refractivity contribution in [3.05, 3.63) is 0 Å². The van der Waals surface area contributed by atoms with E-state index in [-0.39, 0.29) is 31.6 Å². The Morgan fingerprint density at radius 1 is 1.19 bits per heavy atom. The number of carbonyl (C=O) groups is 3. The minimum absolute atomic E-state index is 0.0899. The number of carboxylic acid groups (broad SMARTS) is 2. The minimum Gasteiger partial charge on any atom is -0.481 e. The van der Waals surface area contributed by atoms with Crippen molar-refractivity contribution >= 4 is 17.8 Å². The van der Waals surface area contributed by atoms with Gasteiger partial charge in [-0.25, -0.2) is 4.79 Å². The van der Waals surface area contributed by atoms with Gasteiger partial charge >= 0.3 is 11.9 Å². The van der Waals surface area contributed by atoms with E-state index in [1.54, 1.807) is 0 Å². The van der Waals surface area contributed by atoms with E-state index in [9.17, 15) is 14.4 Å². The summed E-state index contributed by atoms with van der Waals surface area (Å²) in [6, 6.07) is -0.988. The van der Waals surface area contributed by atoms with Gasteiger partial charge in [0.15, 0.2) is 0 Å². The van der Waals surface area contributed by atoms with Crippen molar-refractivity contribution in [2.45, 2.75) is 45.1 Å². The molecule has 1 amide bonds. The third-order valence-electron chi connectivity index (χ3n) is 1.99. The molecular formula is C10H17NO5. The molecule has 0 aromatic carbocycles. The first kappa shape index (κ1) is 14.4. The van der Waals surface area contributed by atoms with Crippen molar-refractivity contribution in [2.24, 2.45) is 0 Å². The van der Waals surface area contributed by atoms with Gasteiger partial charge in [-0.2, -0.15) is 0 Å². The van der Waals surface area contributed by atoms with Crippen LogP contribution in [0.15, 0.2) is 0 Å². The molecule has 0 fully saturated rings. The topological polar surface area (TPSA) is 104 Å². The molecule has 0 saturated carbocycles. The highest BCUT2D eigenvalue weighted by Gasteiger charge is 2.19. The summed E-state index contributed by atoms with van der Waals surface area (Å²) in [7, 11) is 0. The Bertz CT molecular complexity index is 264. The highest BCUT2D eigenvalue weighted by molar-refractivity contribution is 5.83. The van der Waals surface area contributed by atoms with Gasteiger partial charge in [0, 0.05) is 12.8 Å². The van der Waals surface area contributed by atoms with E-state index in [0.29, 0.717) is 6.42 Å². The van der Waals surface area contributed by atoms with Crippen LogP contribution in [-0.2, 0) is 14.4 Å². The van der Waals surface area contributed by atoms with Gasteiger partial charge in [-0.15, -0.1) is 0 Å². The van der Waals surface area contributed by atoms with Gasteiger partial charge in [-0.05, 0) is 19.3 Å². The van der Waals surface area contributed by atoms with Crippen LogP contribution in [0.3, 0.4) is 0 Å². The van der Waals surface area contributed by atoms with E-state index in [4.69, 9.17) is 10.2 Å². The molecule has 16 heavy (non-hydrogen) atoms. The third kappa shape index (κ3) is 6.80. The van der Waals surface area contributed by atoms with Crippen LogP contribution in [0.5, 0.6) is 0 Å². The van der Waals surface area contributed by atoms with Crippen LogP contribution >= 0.6 is 0 Å². The highest BCUT2D eigenvalue weighted by atomic mass is 16.4. The summed E-state index contributed by atoms with van der Waals surface area (Å²) in [4.78, 5) is 32.2. The van der Waals surface area contributed by atoms with Gasteiger partial charge < -0.3 is 15.5 Å². The van der Waals surface area contributed by atoms with Crippen LogP contribution in [-0.4, -0.2) is 34.1 Å². The Morgan fingerprint density at radius 2 is 1.81 bits per heavy atom. The van der Waals surface area contributed by atoms with E-state index >= 15 is 0 Å². The third-order valence-corrected chi connectivity index (χ3v) is 1.99. The fraction of sp³-hybridized carbons (Fsp3) is 0.700. The van der Waals surface area contributed by atoms with Gasteiger partial charge in [-0.3, -0.25) is 9.59 Å². The zero-order valence-corrected chi connectivity index (χ0v) is 9.23. The van der Waals surface area contributed by atoms with Gasteiger partial charge in [0.2, 0.25) is 5.91 Å².